The highest BCUT2D eigenvalue weighted by Crippen LogP contribution is 2.40. The van der Waals surface area contributed by atoms with Crippen LogP contribution >= 0.6 is 0 Å². The van der Waals surface area contributed by atoms with E-state index in [1.165, 1.54) is 5.56 Å². The molecule has 25 heavy (non-hydrogen) atoms. The molecule has 3 rings (SSSR count). The van der Waals surface area contributed by atoms with Crippen LogP contribution in [0.5, 0.6) is 0 Å². The average Bonchev–Trinajstić information content (AvgIpc) is 2.99. The molecule has 2 aliphatic rings. The molecule has 140 valence electrons. The predicted octanol–water partition coefficient (Wildman–Crippen LogP) is 0.896. The van der Waals surface area contributed by atoms with Crippen LogP contribution in [0, 0.1) is 5.41 Å². The van der Waals surface area contributed by atoms with E-state index in [1.54, 1.807) is 19.0 Å². The zero-order valence-electron chi connectivity index (χ0n) is 15.6. The number of aryl methyl sites for hydroxylation is 1. The van der Waals surface area contributed by atoms with Crippen molar-refractivity contribution in [1.82, 2.24) is 19.6 Å². The van der Waals surface area contributed by atoms with Gasteiger partial charge in [0.25, 0.3) is 0 Å². The van der Waals surface area contributed by atoms with E-state index in [0.29, 0.717) is 6.61 Å². The maximum absolute atomic E-state index is 11.8. The SMILES string of the molecule is CN(C)C(=O)COC[C@]12CCCO[C@H]1CCN(Cc1cnn(C)c1)C2. The summed E-state index contributed by atoms with van der Waals surface area (Å²) in [6.07, 6.45) is 7.41. The molecule has 1 aromatic rings. The molecule has 7 nitrogen and oxygen atoms in total. The molecule has 0 saturated carbocycles. The first-order valence-corrected chi connectivity index (χ1v) is 9.08. The maximum atomic E-state index is 11.8. The summed E-state index contributed by atoms with van der Waals surface area (Å²) < 4.78 is 13.8. The molecular weight excluding hydrogens is 320 g/mol. The van der Waals surface area contributed by atoms with E-state index in [2.05, 4.69) is 16.2 Å². The number of hydrogen-bond donors (Lipinski definition) is 0. The second-order valence-corrected chi connectivity index (χ2v) is 7.63. The highest BCUT2D eigenvalue weighted by Gasteiger charge is 2.46. The number of amides is 1. The summed E-state index contributed by atoms with van der Waals surface area (Å²) in [6, 6.07) is 0. The van der Waals surface area contributed by atoms with Gasteiger partial charge < -0.3 is 14.4 Å². The lowest BCUT2D eigenvalue weighted by molar-refractivity contribution is -0.160. The van der Waals surface area contributed by atoms with Gasteiger partial charge in [-0.25, -0.2) is 0 Å². The van der Waals surface area contributed by atoms with Crippen molar-refractivity contribution in [2.45, 2.75) is 31.9 Å². The van der Waals surface area contributed by atoms with Crippen LogP contribution in [0.25, 0.3) is 0 Å². The molecule has 2 atom stereocenters. The molecule has 2 saturated heterocycles. The van der Waals surface area contributed by atoms with Crippen LogP contribution in [0.1, 0.15) is 24.8 Å². The number of piperidine rings is 1. The molecule has 3 heterocycles. The molecule has 0 aromatic carbocycles. The maximum Gasteiger partial charge on any atom is 0.248 e. The molecule has 0 radical (unpaired) electrons. The topological polar surface area (TPSA) is 59.8 Å². The van der Waals surface area contributed by atoms with Gasteiger partial charge >= 0.3 is 0 Å². The van der Waals surface area contributed by atoms with Crippen molar-refractivity contribution < 1.29 is 14.3 Å². The van der Waals surface area contributed by atoms with Crippen molar-refractivity contribution in [3.63, 3.8) is 0 Å². The van der Waals surface area contributed by atoms with E-state index < -0.39 is 0 Å². The van der Waals surface area contributed by atoms with Crippen LogP contribution in [0.3, 0.4) is 0 Å². The third-order valence-corrected chi connectivity index (χ3v) is 5.35. The number of ether oxygens (including phenoxy) is 2. The molecule has 2 aliphatic heterocycles. The quantitative estimate of drug-likeness (QED) is 0.763. The number of hydrogen-bond acceptors (Lipinski definition) is 5. The number of fused-ring (bicyclic) bond motifs is 1. The summed E-state index contributed by atoms with van der Waals surface area (Å²) in [5, 5.41) is 4.26. The van der Waals surface area contributed by atoms with Gasteiger partial charge in [-0.1, -0.05) is 0 Å². The van der Waals surface area contributed by atoms with Gasteiger partial charge in [0.1, 0.15) is 6.61 Å². The highest BCUT2D eigenvalue weighted by molar-refractivity contribution is 5.76. The summed E-state index contributed by atoms with van der Waals surface area (Å²) >= 11 is 0. The van der Waals surface area contributed by atoms with Crippen molar-refractivity contribution in [2.24, 2.45) is 12.5 Å². The minimum Gasteiger partial charge on any atom is -0.377 e. The number of carbonyl (C=O) groups is 1. The number of nitrogens with zero attached hydrogens (tertiary/aromatic N) is 4. The number of aromatic nitrogens is 2. The molecule has 1 amide bonds. The molecule has 1 aromatic heterocycles. The Morgan fingerprint density at radius 2 is 2.36 bits per heavy atom. The second kappa shape index (κ2) is 7.85. The molecule has 7 heteroatoms. The third kappa shape index (κ3) is 4.40. The Morgan fingerprint density at radius 1 is 1.52 bits per heavy atom. The number of likely N-dealkylation sites (N-methyl/N-ethyl adjacent to an activating group) is 1. The molecule has 2 fully saturated rings. The van der Waals surface area contributed by atoms with Crippen LogP contribution in [0.2, 0.25) is 0 Å². The van der Waals surface area contributed by atoms with Crippen molar-refractivity contribution in [1.29, 1.82) is 0 Å². The summed E-state index contributed by atoms with van der Waals surface area (Å²) in [4.78, 5) is 15.8. The van der Waals surface area contributed by atoms with Gasteiger partial charge in [-0.3, -0.25) is 14.4 Å². The van der Waals surface area contributed by atoms with Gasteiger partial charge in [0, 0.05) is 64.6 Å². The fourth-order valence-corrected chi connectivity index (χ4v) is 4.01. The largest absolute Gasteiger partial charge is 0.377 e. The molecule has 0 aliphatic carbocycles. The molecule has 0 spiro atoms. The van der Waals surface area contributed by atoms with Crippen LogP contribution in [-0.4, -0.2) is 78.6 Å². The Kier molecular flexibility index (Phi) is 5.76. The fourth-order valence-electron chi connectivity index (χ4n) is 4.01. The molecule has 0 unspecified atom stereocenters. The zero-order valence-corrected chi connectivity index (χ0v) is 15.6. The van der Waals surface area contributed by atoms with E-state index in [1.807, 2.05) is 17.9 Å². The minimum absolute atomic E-state index is 0.00713. The first kappa shape index (κ1) is 18.4. The van der Waals surface area contributed by atoms with Gasteiger partial charge in [-0.2, -0.15) is 5.10 Å². The van der Waals surface area contributed by atoms with Crippen molar-refractivity contribution >= 4 is 5.91 Å². The Hall–Kier alpha value is -1.44. The number of likely N-dealkylation sites (tertiary alicyclic amines) is 1. The van der Waals surface area contributed by atoms with Crippen molar-refractivity contribution in [3.05, 3.63) is 18.0 Å². The molecule has 0 bridgehead atoms. The summed E-state index contributed by atoms with van der Waals surface area (Å²) in [5.41, 5.74) is 1.22. The summed E-state index contributed by atoms with van der Waals surface area (Å²) in [7, 11) is 5.46. The van der Waals surface area contributed by atoms with E-state index in [-0.39, 0.29) is 24.0 Å². The predicted molar refractivity (Wildman–Crippen MR) is 94.0 cm³/mol. The summed E-state index contributed by atoms with van der Waals surface area (Å²) in [5.74, 6) is 0.00713. The lowest BCUT2D eigenvalue weighted by Gasteiger charge is -2.50. The van der Waals surface area contributed by atoms with Crippen LogP contribution in [0.4, 0.5) is 0 Å². The second-order valence-electron chi connectivity index (χ2n) is 7.63. The van der Waals surface area contributed by atoms with E-state index >= 15 is 0 Å². The third-order valence-electron chi connectivity index (χ3n) is 5.35. The number of rotatable bonds is 6. The first-order valence-electron chi connectivity index (χ1n) is 9.08. The number of carbonyl (C=O) groups excluding carboxylic acids is 1. The van der Waals surface area contributed by atoms with E-state index in [4.69, 9.17) is 9.47 Å². The smallest absolute Gasteiger partial charge is 0.248 e. The summed E-state index contributed by atoms with van der Waals surface area (Å²) in [6.45, 7) is 4.44. The first-order chi connectivity index (χ1) is 12.0. The van der Waals surface area contributed by atoms with Crippen LogP contribution in [-0.2, 0) is 27.9 Å². The van der Waals surface area contributed by atoms with Gasteiger partial charge in [-0.05, 0) is 19.3 Å². The minimum atomic E-state index is -0.00863. The Bertz CT molecular complexity index is 589. The van der Waals surface area contributed by atoms with Crippen LogP contribution in [0.15, 0.2) is 12.4 Å². The lowest BCUT2D eigenvalue weighted by Crippen LogP contribution is -2.56. The van der Waals surface area contributed by atoms with Crippen LogP contribution < -0.4 is 0 Å². The highest BCUT2D eigenvalue weighted by atomic mass is 16.5. The average molecular weight is 350 g/mol. The standard InChI is InChI=1S/C18H30N4O3/c1-20(2)17(23)12-24-14-18-6-4-8-25-16(18)5-7-22(13-18)11-15-9-19-21(3)10-15/h9-10,16H,4-8,11-14H2,1-3H3/t16-,18+/m0/s1. The van der Waals surface area contributed by atoms with Crippen molar-refractivity contribution in [2.75, 3.05) is 47.0 Å². The molecule has 0 N–H and O–H groups in total. The Balaban J connectivity index is 1.62. The fraction of sp³-hybridized carbons (Fsp3) is 0.778. The lowest BCUT2D eigenvalue weighted by atomic mass is 9.73. The molecular formula is C18H30N4O3. The van der Waals surface area contributed by atoms with Gasteiger partial charge in [0.2, 0.25) is 5.91 Å². The van der Waals surface area contributed by atoms with Gasteiger partial charge in [0.05, 0.1) is 18.9 Å². The Morgan fingerprint density at radius 3 is 3.08 bits per heavy atom. The zero-order chi connectivity index (χ0) is 17.9. The van der Waals surface area contributed by atoms with E-state index in [0.717, 1.165) is 45.5 Å². The van der Waals surface area contributed by atoms with Gasteiger partial charge in [0.15, 0.2) is 0 Å². The van der Waals surface area contributed by atoms with Crippen molar-refractivity contribution in [3.8, 4) is 0 Å². The van der Waals surface area contributed by atoms with E-state index in [9.17, 15) is 4.79 Å². The van der Waals surface area contributed by atoms with Gasteiger partial charge in [-0.15, -0.1) is 0 Å². The monoisotopic (exact) mass is 350 g/mol. The normalized spacial score (nSPS) is 27.1. The Labute approximate surface area is 149 Å².